The summed E-state index contributed by atoms with van der Waals surface area (Å²) in [5, 5.41) is 11.1. The van der Waals surface area contributed by atoms with Crippen molar-refractivity contribution in [2.45, 2.75) is 44.6 Å². The van der Waals surface area contributed by atoms with Gasteiger partial charge in [-0.05, 0) is 60.9 Å². The Balaban J connectivity index is 1.39. The van der Waals surface area contributed by atoms with Crippen LogP contribution >= 0.6 is 0 Å². The molecular formula is C24H25N3O2. The summed E-state index contributed by atoms with van der Waals surface area (Å²) in [6, 6.07) is 17.7. The maximum atomic E-state index is 12.5. The van der Waals surface area contributed by atoms with E-state index in [1.807, 2.05) is 42.5 Å². The zero-order valence-corrected chi connectivity index (χ0v) is 16.4. The fraction of sp³-hybridized carbons (Fsp3) is 0.333. The third-order valence-electron chi connectivity index (χ3n) is 5.62. The van der Waals surface area contributed by atoms with E-state index in [0.717, 1.165) is 48.8 Å². The summed E-state index contributed by atoms with van der Waals surface area (Å²) >= 11 is 0. The Bertz CT molecular complexity index is 963. The molecule has 0 saturated carbocycles. The average Bonchev–Trinajstić information content (AvgIpc) is 2.77. The maximum Gasteiger partial charge on any atom is 0.291 e. The summed E-state index contributed by atoms with van der Waals surface area (Å²) in [6.45, 7) is 0.599. The standard InChI is InChI=1S/C24H25N3O2/c28-23(25-14-13-17-7-2-1-3-8-17)19-10-6-9-18(15-19)16-22-20-11-4-5-12-21(20)24(29)27-26-22/h1-3,6-10,15,22H,4-5,11-14,16H2,(H,25,28). The Morgan fingerprint density at radius 1 is 1.00 bits per heavy atom. The highest BCUT2D eigenvalue weighted by Gasteiger charge is 2.28. The van der Waals surface area contributed by atoms with Crippen LogP contribution in [0.2, 0.25) is 0 Å². The molecule has 1 aliphatic heterocycles. The average molecular weight is 387 g/mol. The van der Waals surface area contributed by atoms with Crippen LogP contribution in [0.3, 0.4) is 0 Å². The highest BCUT2D eigenvalue weighted by atomic mass is 16.2. The van der Waals surface area contributed by atoms with Crippen molar-refractivity contribution in [2.75, 3.05) is 6.54 Å². The molecular weight excluding hydrogens is 362 g/mol. The molecule has 0 saturated heterocycles. The molecule has 2 aliphatic rings. The van der Waals surface area contributed by atoms with Crippen LogP contribution in [0.5, 0.6) is 0 Å². The number of carbonyl (C=O) groups excluding carboxylic acids is 2. The van der Waals surface area contributed by atoms with E-state index in [1.54, 1.807) is 0 Å². The van der Waals surface area contributed by atoms with Gasteiger partial charge in [0.25, 0.3) is 11.8 Å². The van der Waals surface area contributed by atoms with Crippen molar-refractivity contribution < 1.29 is 9.59 Å². The van der Waals surface area contributed by atoms with Crippen LogP contribution in [-0.4, -0.2) is 24.4 Å². The second-order valence-electron chi connectivity index (χ2n) is 7.64. The van der Waals surface area contributed by atoms with Gasteiger partial charge in [0.15, 0.2) is 0 Å². The maximum absolute atomic E-state index is 12.5. The third-order valence-corrected chi connectivity index (χ3v) is 5.62. The van der Waals surface area contributed by atoms with Crippen LogP contribution in [0.4, 0.5) is 0 Å². The summed E-state index contributed by atoms with van der Waals surface area (Å²) in [5.41, 5.74) is 4.91. The van der Waals surface area contributed by atoms with E-state index < -0.39 is 0 Å². The monoisotopic (exact) mass is 387 g/mol. The first-order valence-corrected chi connectivity index (χ1v) is 10.3. The van der Waals surface area contributed by atoms with Crippen molar-refractivity contribution in [2.24, 2.45) is 10.2 Å². The van der Waals surface area contributed by atoms with Crippen LogP contribution in [0.25, 0.3) is 0 Å². The predicted octanol–water partition coefficient (Wildman–Crippen LogP) is 4.43. The van der Waals surface area contributed by atoms with E-state index in [1.165, 1.54) is 5.56 Å². The molecule has 4 rings (SSSR count). The van der Waals surface area contributed by atoms with Crippen LogP contribution in [-0.2, 0) is 17.6 Å². The molecule has 1 heterocycles. The molecule has 5 nitrogen and oxygen atoms in total. The zero-order valence-electron chi connectivity index (χ0n) is 16.4. The lowest BCUT2D eigenvalue weighted by molar-refractivity contribution is -0.115. The second kappa shape index (κ2) is 8.95. The first-order chi connectivity index (χ1) is 14.2. The van der Waals surface area contributed by atoms with Crippen molar-refractivity contribution in [1.82, 2.24) is 5.32 Å². The molecule has 1 aliphatic carbocycles. The molecule has 0 bridgehead atoms. The highest BCUT2D eigenvalue weighted by Crippen LogP contribution is 2.33. The van der Waals surface area contributed by atoms with Crippen molar-refractivity contribution in [1.29, 1.82) is 0 Å². The molecule has 0 aromatic heterocycles. The minimum absolute atomic E-state index is 0.0687. The normalized spacial score (nSPS) is 18.5. The van der Waals surface area contributed by atoms with Crippen LogP contribution in [0.1, 0.15) is 47.2 Å². The summed E-state index contributed by atoms with van der Waals surface area (Å²) in [6.07, 6.45) is 5.35. The Morgan fingerprint density at radius 2 is 1.79 bits per heavy atom. The Kier molecular flexibility index (Phi) is 5.94. The van der Waals surface area contributed by atoms with E-state index in [4.69, 9.17) is 0 Å². The Morgan fingerprint density at radius 3 is 2.66 bits per heavy atom. The van der Waals surface area contributed by atoms with Gasteiger partial charge in [0.2, 0.25) is 0 Å². The number of amides is 2. The lowest BCUT2D eigenvalue weighted by Gasteiger charge is -2.25. The molecule has 2 aromatic carbocycles. The van der Waals surface area contributed by atoms with Crippen molar-refractivity contribution in [3.05, 3.63) is 82.4 Å². The number of nitrogens with one attached hydrogen (secondary N) is 1. The number of nitrogens with zero attached hydrogens (tertiary/aromatic N) is 2. The van der Waals surface area contributed by atoms with E-state index in [0.29, 0.717) is 18.5 Å². The molecule has 5 heteroatoms. The van der Waals surface area contributed by atoms with Crippen molar-refractivity contribution in [3.8, 4) is 0 Å². The fourth-order valence-electron chi connectivity index (χ4n) is 4.09. The number of hydrogen-bond acceptors (Lipinski definition) is 3. The number of rotatable bonds is 6. The van der Waals surface area contributed by atoms with Gasteiger partial charge >= 0.3 is 0 Å². The smallest absolute Gasteiger partial charge is 0.291 e. The fourth-order valence-corrected chi connectivity index (χ4v) is 4.09. The molecule has 0 radical (unpaired) electrons. The van der Waals surface area contributed by atoms with Gasteiger partial charge in [-0.2, -0.15) is 5.11 Å². The van der Waals surface area contributed by atoms with Crippen molar-refractivity contribution >= 4 is 11.8 Å². The Labute approximate surface area is 170 Å². The topological polar surface area (TPSA) is 70.9 Å². The number of hydrogen-bond donors (Lipinski definition) is 1. The molecule has 148 valence electrons. The van der Waals surface area contributed by atoms with E-state index in [2.05, 4.69) is 27.7 Å². The first kappa shape index (κ1) is 19.2. The first-order valence-electron chi connectivity index (χ1n) is 10.3. The molecule has 1 N–H and O–H groups in total. The molecule has 29 heavy (non-hydrogen) atoms. The largest absolute Gasteiger partial charge is 0.352 e. The van der Waals surface area contributed by atoms with Gasteiger partial charge in [0, 0.05) is 24.1 Å². The van der Waals surface area contributed by atoms with E-state index >= 15 is 0 Å². The molecule has 0 fully saturated rings. The Hall–Kier alpha value is -3.08. The lowest BCUT2D eigenvalue weighted by Crippen LogP contribution is -2.26. The third kappa shape index (κ3) is 4.67. The van der Waals surface area contributed by atoms with Crippen LogP contribution < -0.4 is 5.32 Å². The summed E-state index contributed by atoms with van der Waals surface area (Å²) in [5.74, 6) is -0.233. The number of carbonyl (C=O) groups is 2. The summed E-state index contributed by atoms with van der Waals surface area (Å²) in [4.78, 5) is 24.5. The van der Waals surface area contributed by atoms with Gasteiger partial charge in [-0.25, -0.2) is 0 Å². The van der Waals surface area contributed by atoms with E-state index in [-0.39, 0.29) is 17.9 Å². The quantitative estimate of drug-likeness (QED) is 0.796. The van der Waals surface area contributed by atoms with Gasteiger partial charge in [0.05, 0.1) is 6.04 Å². The summed E-state index contributed by atoms with van der Waals surface area (Å²) < 4.78 is 0. The second-order valence-corrected chi connectivity index (χ2v) is 7.64. The molecule has 1 unspecified atom stereocenters. The highest BCUT2D eigenvalue weighted by molar-refractivity contribution is 5.96. The predicted molar refractivity (Wildman–Crippen MR) is 112 cm³/mol. The van der Waals surface area contributed by atoms with Gasteiger partial charge in [-0.1, -0.05) is 42.5 Å². The van der Waals surface area contributed by atoms with Crippen LogP contribution in [0, 0.1) is 0 Å². The van der Waals surface area contributed by atoms with Gasteiger partial charge < -0.3 is 5.32 Å². The number of azo groups is 1. The zero-order chi connectivity index (χ0) is 20.1. The van der Waals surface area contributed by atoms with Crippen molar-refractivity contribution in [3.63, 3.8) is 0 Å². The molecule has 1 atom stereocenters. The minimum Gasteiger partial charge on any atom is -0.352 e. The summed E-state index contributed by atoms with van der Waals surface area (Å²) in [7, 11) is 0. The SMILES string of the molecule is O=C1N=NC(Cc2cccc(C(=O)NCCc3ccccc3)c2)C2=C1CCCC2. The van der Waals surface area contributed by atoms with Gasteiger partial charge in [-0.15, -0.1) is 5.11 Å². The number of benzene rings is 2. The molecule has 2 amide bonds. The van der Waals surface area contributed by atoms with E-state index in [9.17, 15) is 9.59 Å². The lowest BCUT2D eigenvalue weighted by atomic mass is 9.84. The molecule has 0 spiro atoms. The molecule has 2 aromatic rings. The van der Waals surface area contributed by atoms with Crippen LogP contribution in [0.15, 0.2) is 76.0 Å². The van der Waals surface area contributed by atoms with Gasteiger partial charge in [-0.3, -0.25) is 9.59 Å². The minimum atomic E-state index is -0.164. The van der Waals surface area contributed by atoms with Gasteiger partial charge in [0.1, 0.15) is 0 Å².